The molecule has 162 valence electrons. The zero-order chi connectivity index (χ0) is 21.7. The van der Waals surface area contributed by atoms with Crippen molar-refractivity contribution in [2.45, 2.75) is 0 Å². The first-order valence-electron chi connectivity index (χ1n) is 9.42. The molecule has 2 aromatic rings. The average molecular weight is 454 g/mol. The normalized spacial score (nSPS) is 15.1. The lowest BCUT2D eigenvalue weighted by Gasteiger charge is -2.36. The Balaban J connectivity index is 1.58. The van der Waals surface area contributed by atoms with Crippen LogP contribution in [0.3, 0.4) is 0 Å². The molecular weight excluding hydrogens is 430 g/mol. The van der Waals surface area contributed by atoms with E-state index < -0.39 is 16.0 Å². The van der Waals surface area contributed by atoms with Crippen molar-refractivity contribution < 1.29 is 23.1 Å². The SMILES string of the molecule is CS(=O)(=O)Nc1cc(C(=O)O)ccc1N1CCN(CCOc2ccc(Cl)cc2)CC1. The van der Waals surface area contributed by atoms with Gasteiger partial charge in [0.15, 0.2) is 0 Å². The lowest BCUT2D eigenvalue weighted by molar-refractivity contribution is 0.0697. The summed E-state index contributed by atoms with van der Waals surface area (Å²) in [6.07, 6.45) is 1.04. The van der Waals surface area contributed by atoms with Crippen LogP contribution >= 0.6 is 11.6 Å². The van der Waals surface area contributed by atoms with Crippen molar-refractivity contribution >= 4 is 39.0 Å². The molecular formula is C20H24ClN3O5S. The van der Waals surface area contributed by atoms with Gasteiger partial charge in [-0.3, -0.25) is 9.62 Å². The summed E-state index contributed by atoms with van der Waals surface area (Å²) in [6.45, 7) is 4.25. The molecule has 0 aromatic heterocycles. The highest BCUT2D eigenvalue weighted by atomic mass is 35.5. The largest absolute Gasteiger partial charge is 0.492 e. The van der Waals surface area contributed by atoms with Crippen LogP contribution in [-0.4, -0.2) is 70.0 Å². The second kappa shape index (κ2) is 9.55. The third kappa shape index (κ3) is 6.25. The number of piperazine rings is 1. The number of hydrogen-bond acceptors (Lipinski definition) is 6. The Kier molecular flexibility index (Phi) is 7.06. The van der Waals surface area contributed by atoms with E-state index in [1.165, 1.54) is 12.1 Å². The summed E-state index contributed by atoms with van der Waals surface area (Å²) in [6, 6.07) is 11.7. The highest BCUT2D eigenvalue weighted by molar-refractivity contribution is 7.92. The second-order valence-corrected chi connectivity index (χ2v) is 9.23. The zero-order valence-electron chi connectivity index (χ0n) is 16.5. The Bertz CT molecular complexity index is 990. The minimum absolute atomic E-state index is 0.0304. The van der Waals surface area contributed by atoms with Crippen LogP contribution in [0.25, 0.3) is 0 Å². The number of sulfonamides is 1. The van der Waals surface area contributed by atoms with Crippen molar-refractivity contribution in [2.75, 3.05) is 55.2 Å². The Morgan fingerprint density at radius 2 is 1.80 bits per heavy atom. The average Bonchev–Trinajstić information content (AvgIpc) is 2.69. The number of carboxylic acid groups (broad SMARTS) is 1. The van der Waals surface area contributed by atoms with Crippen LogP contribution in [0.1, 0.15) is 10.4 Å². The molecule has 0 spiro atoms. The molecule has 0 atom stereocenters. The molecule has 10 heteroatoms. The third-order valence-corrected chi connectivity index (χ3v) is 5.58. The number of hydrogen-bond donors (Lipinski definition) is 2. The fraction of sp³-hybridized carbons (Fsp3) is 0.350. The van der Waals surface area contributed by atoms with Gasteiger partial charge in [0.05, 0.1) is 23.2 Å². The van der Waals surface area contributed by atoms with E-state index in [4.69, 9.17) is 16.3 Å². The van der Waals surface area contributed by atoms with E-state index in [2.05, 4.69) is 14.5 Å². The van der Waals surface area contributed by atoms with Crippen LogP contribution in [0.5, 0.6) is 5.75 Å². The monoisotopic (exact) mass is 453 g/mol. The van der Waals surface area contributed by atoms with E-state index in [0.29, 0.717) is 30.4 Å². The van der Waals surface area contributed by atoms with E-state index in [1.807, 2.05) is 12.1 Å². The number of carbonyl (C=O) groups is 1. The quantitative estimate of drug-likeness (QED) is 0.633. The minimum atomic E-state index is -3.54. The van der Waals surface area contributed by atoms with Gasteiger partial charge in [-0.1, -0.05) is 11.6 Å². The Morgan fingerprint density at radius 3 is 2.40 bits per heavy atom. The molecule has 1 fully saturated rings. The lowest BCUT2D eigenvalue weighted by Crippen LogP contribution is -2.47. The van der Waals surface area contributed by atoms with Crippen molar-refractivity contribution in [1.82, 2.24) is 4.90 Å². The van der Waals surface area contributed by atoms with Crippen LogP contribution in [0, 0.1) is 0 Å². The maximum atomic E-state index is 11.7. The van der Waals surface area contributed by atoms with Gasteiger partial charge in [0.2, 0.25) is 10.0 Å². The summed E-state index contributed by atoms with van der Waals surface area (Å²) >= 11 is 5.87. The molecule has 1 aliphatic heterocycles. The molecule has 1 saturated heterocycles. The number of nitrogens with zero attached hydrogens (tertiary/aromatic N) is 2. The van der Waals surface area contributed by atoms with Gasteiger partial charge in [0.1, 0.15) is 12.4 Å². The number of aromatic carboxylic acids is 1. The van der Waals surface area contributed by atoms with Crippen molar-refractivity contribution in [1.29, 1.82) is 0 Å². The van der Waals surface area contributed by atoms with Gasteiger partial charge < -0.3 is 14.7 Å². The van der Waals surface area contributed by atoms with Crippen LogP contribution in [-0.2, 0) is 10.0 Å². The summed E-state index contributed by atoms with van der Waals surface area (Å²) in [4.78, 5) is 15.6. The van der Waals surface area contributed by atoms with Crippen LogP contribution in [0.2, 0.25) is 5.02 Å². The van der Waals surface area contributed by atoms with Crippen molar-refractivity contribution in [2.24, 2.45) is 0 Å². The Morgan fingerprint density at radius 1 is 1.13 bits per heavy atom. The van der Waals surface area contributed by atoms with Gasteiger partial charge in [-0.15, -0.1) is 0 Å². The molecule has 3 rings (SSSR count). The number of nitrogens with one attached hydrogen (secondary N) is 1. The van der Waals surface area contributed by atoms with Gasteiger partial charge in [-0.25, -0.2) is 13.2 Å². The fourth-order valence-electron chi connectivity index (χ4n) is 3.26. The first-order chi connectivity index (χ1) is 14.2. The molecule has 0 saturated carbocycles. The number of carboxylic acids is 1. The van der Waals surface area contributed by atoms with Gasteiger partial charge in [0.25, 0.3) is 0 Å². The standard InChI is InChI=1S/C20H24ClN3O5S/c1-30(27,28)22-18-14-15(20(25)26)2-7-19(18)24-10-8-23(9-11-24)12-13-29-17-5-3-16(21)4-6-17/h2-7,14,22H,8-13H2,1H3,(H,25,26). The van der Waals surface area contributed by atoms with E-state index in [1.54, 1.807) is 18.2 Å². The first kappa shape index (κ1) is 22.2. The highest BCUT2D eigenvalue weighted by Crippen LogP contribution is 2.29. The molecule has 2 aromatic carbocycles. The predicted octanol–water partition coefficient (Wildman–Crippen LogP) is 2.61. The van der Waals surface area contributed by atoms with Crippen molar-refractivity contribution in [3.8, 4) is 5.75 Å². The summed E-state index contributed by atoms with van der Waals surface area (Å²) < 4.78 is 31.6. The summed E-state index contributed by atoms with van der Waals surface area (Å²) in [5.41, 5.74) is 0.974. The van der Waals surface area contributed by atoms with Crippen LogP contribution in [0.15, 0.2) is 42.5 Å². The summed E-state index contributed by atoms with van der Waals surface area (Å²) in [5, 5.41) is 9.87. The molecule has 0 radical (unpaired) electrons. The van der Waals surface area contributed by atoms with Gasteiger partial charge >= 0.3 is 5.97 Å². The van der Waals surface area contributed by atoms with Gasteiger partial charge in [-0.2, -0.15) is 0 Å². The highest BCUT2D eigenvalue weighted by Gasteiger charge is 2.21. The van der Waals surface area contributed by atoms with E-state index in [9.17, 15) is 18.3 Å². The van der Waals surface area contributed by atoms with Crippen molar-refractivity contribution in [3.05, 3.63) is 53.1 Å². The van der Waals surface area contributed by atoms with E-state index in [-0.39, 0.29) is 11.3 Å². The summed E-state index contributed by atoms with van der Waals surface area (Å²) in [5.74, 6) is -0.336. The number of rotatable bonds is 8. The zero-order valence-corrected chi connectivity index (χ0v) is 18.1. The molecule has 1 heterocycles. The smallest absolute Gasteiger partial charge is 0.335 e. The molecule has 0 unspecified atom stereocenters. The number of halogens is 1. The molecule has 0 aliphatic carbocycles. The van der Waals surface area contributed by atoms with Crippen LogP contribution in [0.4, 0.5) is 11.4 Å². The third-order valence-electron chi connectivity index (χ3n) is 4.74. The summed E-state index contributed by atoms with van der Waals surface area (Å²) in [7, 11) is -3.54. The van der Waals surface area contributed by atoms with Crippen molar-refractivity contribution in [3.63, 3.8) is 0 Å². The first-order valence-corrected chi connectivity index (χ1v) is 11.7. The number of anilines is 2. The fourth-order valence-corrected chi connectivity index (χ4v) is 3.95. The molecule has 0 bridgehead atoms. The predicted molar refractivity (Wildman–Crippen MR) is 117 cm³/mol. The Hall–Kier alpha value is -2.49. The number of benzene rings is 2. The molecule has 30 heavy (non-hydrogen) atoms. The molecule has 0 amide bonds. The van der Waals surface area contributed by atoms with Crippen LogP contribution < -0.4 is 14.4 Å². The molecule has 8 nitrogen and oxygen atoms in total. The van der Waals surface area contributed by atoms with E-state index in [0.717, 1.165) is 31.6 Å². The minimum Gasteiger partial charge on any atom is -0.492 e. The lowest BCUT2D eigenvalue weighted by atomic mass is 10.1. The number of ether oxygens (including phenoxy) is 1. The maximum absolute atomic E-state index is 11.7. The molecule has 2 N–H and O–H groups in total. The maximum Gasteiger partial charge on any atom is 0.335 e. The second-order valence-electron chi connectivity index (χ2n) is 7.04. The molecule has 1 aliphatic rings. The van der Waals surface area contributed by atoms with Gasteiger partial charge in [0, 0.05) is 37.7 Å². The Labute approximate surface area is 181 Å². The topological polar surface area (TPSA) is 99.2 Å². The van der Waals surface area contributed by atoms with Gasteiger partial charge in [-0.05, 0) is 42.5 Å². The van der Waals surface area contributed by atoms with E-state index >= 15 is 0 Å².